The Morgan fingerprint density at radius 3 is 2.15 bits per heavy atom. The van der Waals surface area contributed by atoms with Crippen LogP contribution in [0.2, 0.25) is 0 Å². The number of hydrogen-bond acceptors (Lipinski definition) is 8. The summed E-state index contributed by atoms with van der Waals surface area (Å²) in [5.41, 5.74) is -6.69. The second kappa shape index (κ2) is 14.1. The molecule has 3 aromatic rings. The zero-order valence-electron chi connectivity index (χ0n) is 27.1. The van der Waals surface area contributed by atoms with Crippen LogP contribution in [0.5, 0.6) is 11.5 Å². The molecule has 0 saturated heterocycles. The smallest absolute Gasteiger partial charge is 0.424 e. The number of ether oxygens (including phenoxy) is 3. The Hall–Kier alpha value is -4.43. The third-order valence-electron chi connectivity index (χ3n) is 6.80. The van der Waals surface area contributed by atoms with E-state index < -0.39 is 59.1 Å². The minimum Gasteiger partial charge on any atom is -0.493 e. The van der Waals surface area contributed by atoms with Gasteiger partial charge in [0.1, 0.15) is 18.0 Å². The number of halogens is 4. The highest BCUT2D eigenvalue weighted by molar-refractivity contribution is 5.95. The van der Waals surface area contributed by atoms with E-state index in [9.17, 15) is 37.4 Å². The lowest BCUT2D eigenvalue weighted by Crippen LogP contribution is -2.52. The molecule has 0 aliphatic heterocycles. The van der Waals surface area contributed by atoms with Crippen molar-refractivity contribution in [1.82, 2.24) is 15.6 Å². The van der Waals surface area contributed by atoms with E-state index in [1.807, 2.05) is 0 Å². The normalized spacial score (nSPS) is 14.1. The van der Waals surface area contributed by atoms with E-state index in [2.05, 4.69) is 15.6 Å². The summed E-state index contributed by atoms with van der Waals surface area (Å²) >= 11 is 0. The number of methoxy groups -OCH3 is 1. The molecule has 256 valence electrons. The molecule has 14 heteroatoms. The Kier molecular flexibility index (Phi) is 11.1. The third-order valence-corrected chi connectivity index (χ3v) is 6.80. The number of nitrogens with zero attached hydrogens (tertiary/aromatic N) is 1. The zero-order valence-corrected chi connectivity index (χ0v) is 27.1. The van der Waals surface area contributed by atoms with Gasteiger partial charge in [-0.3, -0.25) is 4.79 Å². The molecular formula is C33H39F4N3O7. The van der Waals surface area contributed by atoms with Crippen LogP contribution >= 0.6 is 0 Å². The molecule has 3 rings (SSSR count). The molecule has 0 fully saturated rings. The summed E-state index contributed by atoms with van der Waals surface area (Å²) in [5.74, 6) is -1.29. The van der Waals surface area contributed by atoms with Crippen LogP contribution in [-0.4, -0.2) is 65.3 Å². The van der Waals surface area contributed by atoms with Crippen molar-refractivity contribution in [3.8, 4) is 22.8 Å². The predicted molar refractivity (Wildman–Crippen MR) is 164 cm³/mol. The van der Waals surface area contributed by atoms with Crippen LogP contribution < -0.4 is 20.1 Å². The van der Waals surface area contributed by atoms with Gasteiger partial charge in [-0.1, -0.05) is 0 Å². The maximum atomic E-state index is 14.7. The molecule has 1 heterocycles. The molecule has 0 saturated carbocycles. The summed E-state index contributed by atoms with van der Waals surface area (Å²) < 4.78 is 73.9. The Morgan fingerprint density at radius 1 is 0.957 bits per heavy atom. The molecule has 2 aromatic carbocycles. The Bertz CT molecular complexity index is 1570. The SMILES string of the molecule is COc1cc(C(=O)NCC(O)(c2cc(C(C)(C)NC(=O)OC(C)(C)C)cc(-c3ccc(F)cc3)n2)C(F)(F)F)ccc1OCC(C)O. The third kappa shape index (κ3) is 9.55. The van der Waals surface area contributed by atoms with E-state index in [0.29, 0.717) is 0 Å². The zero-order chi connectivity index (χ0) is 35.4. The van der Waals surface area contributed by atoms with Gasteiger partial charge in [-0.2, -0.15) is 13.2 Å². The highest BCUT2D eigenvalue weighted by Gasteiger charge is 2.56. The van der Waals surface area contributed by atoms with Crippen LogP contribution in [0.1, 0.15) is 63.2 Å². The first-order chi connectivity index (χ1) is 21.6. The lowest BCUT2D eigenvalue weighted by Gasteiger charge is -2.33. The Balaban J connectivity index is 2.05. The van der Waals surface area contributed by atoms with Crippen molar-refractivity contribution in [2.24, 2.45) is 0 Å². The van der Waals surface area contributed by atoms with Crippen LogP contribution in [0.3, 0.4) is 0 Å². The number of aliphatic hydroxyl groups excluding tert-OH is 1. The number of rotatable bonds is 11. The number of alkyl halides is 3. The maximum absolute atomic E-state index is 14.7. The van der Waals surface area contributed by atoms with Crippen molar-refractivity contribution in [3.63, 3.8) is 0 Å². The number of hydrogen-bond donors (Lipinski definition) is 4. The molecule has 0 aliphatic carbocycles. The van der Waals surface area contributed by atoms with E-state index in [-0.39, 0.29) is 40.5 Å². The van der Waals surface area contributed by atoms with Crippen LogP contribution in [-0.2, 0) is 15.9 Å². The van der Waals surface area contributed by atoms with E-state index in [4.69, 9.17) is 14.2 Å². The molecule has 2 unspecified atom stereocenters. The van der Waals surface area contributed by atoms with Gasteiger partial charge in [0.2, 0.25) is 5.60 Å². The first kappa shape index (κ1) is 37.0. The van der Waals surface area contributed by atoms with Crippen molar-refractivity contribution < 1.29 is 51.6 Å². The molecule has 0 radical (unpaired) electrons. The van der Waals surface area contributed by atoms with Gasteiger partial charge >= 0.3 is 12.3 Å². The number of aromatic nitrogens is 1. The van der Waals surface area contributed by atoms with Gasteiger partial charge in [0.25, 0.3) is 5.91 Å². The van der Waals surface area contributed by atoms with Gasteiger partial charge in [-0.15, -0.1) is 0 Å². The van der Waals surface area contributed by atoms with E-state index in [1.54, 1.807) is 20.8 Å². The largest absolute Gasteiger partial charge is 0.493 e. The number of alkyl carbamates (subject to hydrolysis) is 1. The highest BCUT2D eigenvalue weighted by Crippen LogP contribution is 2.40. The predicted octanol–water partition coefficient (Wildman–Crippen LogP) is 5.60. The summed E-state index contributed by atoms with van der Waals surface area (Å²) in [6, 6.07) is 11.0. The number of amides is 2. The monoisotopic (exact) mass is 665 g/mol. The summed E-state index contributed by atoms with van der Waals surface area (Å²) in [6.45, 7) is 8.04. The average Bonchev–Trinajstić information content (AvgIpc) is 2.96. The molecule has 0 spiro atoms. The van der Waals surface area contributed by atoms with Crippen molar-refractivity contribution in [2.45, 2.75) is 70.6 Å². The van der Waals surface area contributed by atoms with Gasteiger partial charge in [0, 0.05) is 11.1 Å². The molecule has 2 amide bonds. The minimum absolute atomic E-state index is 0.0666. The summed E-state index contributed by atoms with van der Waals surface area (Å²) in [6.07, 6.45) is -7.00. The number of aliphatic hydroxyl groups is 2. The molecule has 4 N–H and O–H groups in total. The molecule has 10 nitrogen and oxygen atoms in total. The number of benzene rings is 2. The quantitative estimate of drug-likeness (QED) is 0.194. The van der Waals surface area contributed by atoms with Gasteiger partial charge in [0.15, 0.2) is 11.5 Å². The summed E-state index contributed by atoms with van der Waals surface area (Å²) in [5, 5.41) is 25.5. The van der Waals surface area contributed by atoms with Gasteiger partial charge < -0.3 is 35.1 Å². The van der Waals surface area contributed by atoms with Crippen molar-refractivity contribution >= 4 is 12.0 Å². The van der Waals surface area contributed by atoms with Crippen LogP contribution in [0.15, 0.2) is 54.6 Å². The standard InChI is InChI=1S/C33H39F4N3O7/c1-19(41)17-46-25-13-10-21(14-26(25)45-7)28(42)38-18-32(44,33(35,36)37)27-16-22(31(5,6)40-29(43)47-30(2,3)4)15-24(39-27)20-8-11-23(34)12-9-20/h8-16,19,41,44H,17-18H2,1-7H3,(H,38,42)(H,40,43). The first-order valence-corrected chi connectivity index (χ1v) is 14.5. The Labute approximate surface area is 270 Å². The fraction of sp³-hybridized carbons (Fsp3) is 0.424. The summed E-state index contributed by atoms with van der Waals surface area (Å²) in [4.78, 5) is 29.8. The number of carbonyl (C=O) groups excluding carboxylic acids is 2. The average molecular weight is 666 g/mol. The van der Waals surface area contributed by atoms with Crippen LogP contribution in [0.25, 0.3) is 11.3 Å². The fourth-order valence-corrected chi connectivity index (χ4v) is 4.29. The number of nitrogens with one attached hydrogen (secondary N) is 2. The van der Waals surface area contributed by atoms with Crippen molar-refractivity contribution in [3.05, 3.63) is 77.2 Å². The van der Waals surface area contributed by atoms with Crippen molar-refractivity contribution in [2.75, 3.05) is 20.3 Å². The molecule has 47 heavy (non-hydrogen) atoms. The lowest BCUT2D eigenvalue weighted by molar-refractivity contribution is -0.265. The second-order valence-corrected chi connectivity index (χ2v) is 12.5. The molecule has 2 atom stereocenters. The molecule has 0 aliphatic rings. The topological polar surface area (TPSA) is 139 Å². The maximum Gasteiger partial charge on any atom is 0.424 e. The highest BCUT2D eigenvalue weighted by atomic mass is 19.4. The first-order valence-electron chi connectivity index (χ1n) is 14.5. The van der Waals surface area contributed by atoms with Gasteiger partial charge in [-0.05, 0) is 102 Å². The van der Waals surface area contributed by atoms with Gasteiger partial charge in [0.05, 0.1) is 36.7 Å². The van der Waals surface area contributed by atoms with E-state index in [0.717, 1.165) is 18.2 Å². The molecular weight excluding hydrogens is 626 g/mol. The molecule has 0 bridgehead atoms. The van der Waals surface area contributed by atoms with Crippen LogP contribution in [0.4, 0.5) is 22.4 Å². The second-order valence-electron chi connectivity index (χ2n) is 12.5. The fourth-order valence-electron chi connectivity index (χ4n) is 4.29. The number of carbonyl (C=O) groups is 2. The van der Waals surface area contributed by atoms with Gasteiger partial charge in [-0.25, -0.2) is 14.2 Å². The van der Waals surface area contributed by atoms with E-state index >= 15 is 0 Å². The van der Waals surface area contributed by atoms with E-state index in [1.165, 1.54) is 64.3 Å². The minimum atomic E-state index is -5.36. The lowest BCUT2D eigenvalue weighted by atomic mass is 9.88. The molecule has 1 aromatic heterocycles. The number of pyridine rings is 1. The Morgan fingerprint density at radius 2 is 1.60 bits per heavy atom. The van der Waals surface area contributed by atoms with Crippen molar-refractivity contribution in [1.29, 1.82) is 0 Å². The van der Waals surface area contributed by atoms with Crippen LogP contribution in [0, 0.1) is 5.82 Å². The summed E-state index contributed by atoms with van der Waals surface area (Å²) in [7, 11) is 1.30.